The molecule has 0 saturated carbocycles. The molecule has 0 aliphatic heterocycles. The van der Waals surface area contributed by atoms with Crippen LogP contribution in [0.4, 0.5) is 4.79 Å². The van der Waals surface area contributed by atoms with Gasteiger partial charge in [-0.1, -0.05) is 12.1 Å². The Bertz CT molecular complexity index is 365. The number of hydrogen-bond acceptors (Lipinski definition) is 3. The van der Waals surface area contributed by atoms with E-state index >= 15 is 0 Å². The summed E-state index contributed by atoms with van der Waals surface area (Å²) in [7, 11) is 1.69. The highest BCUT2D eigenvalue weighted by Gasteiger charge is 2.08. The van der Waals surface area contributed by atoms with E-state index in [1.54, 1.807) is 14.0 Å². The molecule has 0 unspecified atom stereocenters. The van der Waals surface area contributed by atoms with Gasteiger partial charge in [0.25, 0.3) is 0 Å². The van der Waals surface area contributed by atoms with Crippen LogP contribution >= 0.6 is 0 Å². The second-order valence-electron chi connectivity index (χ2n) is 3.79. The van der Waals surface area contributed by atoms with Gasteiger partial charge in [-0.15, -0.1) is 0 Å². The molecule has 0 fully saturated rings. The zero-order chi connectivity index (χ0) is 12.7. The van der Waals surface area contributed by atoms with Crippen LogP contribution in [0.5, 0.6) is 5.75 Å². The Hall–Kier alpha value is -1.71. The molecule has 4 heteroatoms. The number of nitrogens with zero attached hydrogens (tertiary/aromatic N) is 1. The summed E-state index contributed by atoms with van der Waals surface area (Å²) in [5.74, 6) is 0.822. The first-order valence-corrected chi connectivity index (χ1v) is 5.71. The van der Waals surface area contributed by atoms with Gasteiger partial charge in [-0.05, 0) is 31.5 Å². The van der Waals surface area contributed by atoms with Crippen LogP contribution in [-0.4, -0.2) is 37.8 Å². The Labute approximate surface area is 102 Å². The maximum atomic E-state index is 11.3. The average molecular weight is 237 g/mol. The number of rotatable bonds is 5. The first-order chi connectivity index (χ1) is 8.13. The predicted molar refractivity (Wildman–Crippen MR) is 66.3 cm³/mol. The lowest BCUT2D eigenvalue weighted by Crippen LogP contribution is -2.31. The van der Waals surface area contributed by atoms with Crippen LogP contribution in [-0.2, 0) is 4.74 Å². The van der Waals surface area contributed by atoms with Crippen LogP contribution in [0, 0.1) is 6.92 Å². The Kier molecular flexibility index (Phi) is 5.33. The lowest BCUT2D eigenvalue weighted by atomic mass is 10.2. The van der Waals surface area contributed by atoms with Crippen molar-refractivity contribution in [2.75, 3.05) is 26.8 Å². The monoisotopic (exact) mass is 237 g/mol. The van der Waals surface area contributed by atoms with E-state index in [2.05, 4.69) is 0 Å². The minimum Gasteiger partial charge on any atom is -0.492 e. The summed E-state index contributed by atoms with van der Waals surface area (Å²) in [5, 5.41) is 0. The molecule has 0 atom stereocenters. The van der Waals surface area contributed by atoms with Gasteiger partial charge in [0, 0.05) is 7.05 Å². The molecule has 0 heterocycles. The third-order valence-electron chi connectivity index (χ3n) is 2.26. The number of carbonyl (C=O) groups excluding carboxylic acids is 1. The van der Waals surface area contributed by atoms with Crippen molar-refractivity contribution in [1.29, 1.82) is 0 Å². The molecule has 1 amide bonds. The fourth-order valence-electron chi connectivity index (χ4n) is 1.33. The predicted octanol–water partition coefficient (Wildman–Crippen LogP) is 2.46. The standard InChI is InChI=1S/C13H19NO3/c1-4-16-13(15)14(3)8-9-17-12-7-5-6-11(2)10-12/h5-7,10H,4,8-9H2,1-3H3. The van der Waals surface area contributed by atoms with Crippen molar-refractivity contribution < 1.29 is 14.3 Å². The maximum Gasteiger partial charge on any atom is 0.409 e. The molecule has 94 valence electrons. The van der Waals surface area contributed by atoms with Crippen LogP contribution in [0.2, 0.25) is 0 Å². The number of ether oxygens (including phenoxy) is 2. The first-order valence-electron chi connectivity index (χ1n) is 5.71. The molecule has 1 aromatic rings. The van der Waals surface area contributed by atoms with Crippen LogP contribution < -0.4 is 4.74 Å². The summed E-state index contributed by atoms with van der Waals surface area (Å²) in [6.45, 7) is 5.15. The molecule has 1 aromatic carbocycles. The summed E-state index contributed by atoms with van der Waals surface area (Å²) in [6, 6.07) is 7.82. The highest BCUT2D eigenvalue weighted by Crippen LogP contribution is 2.11. The quantitative estimate of drug-likeness (QED) is 0.789. The lowest BCUT2D eigenvalue weighted by molar-refractivity contribution is 0.110. The number of likely N-dealkylation sites (N-methyl/N-ethyl adjacent to an activating group) is 1. The molecule has 4 nitrogen and oxygen atoms in total. The normalized spacial score (nSPS) is 9.82. The molecule has 0 aliphatic carbocycles. The van der Waals surface area contributed by atoms with Gasteiger partial charge in [0.15, 0.2) is 0 Å². The highest BCUT2D eigenvalue weighted by molar-refractivity contribution is 5.67. The number of benzene rings is 1. The van der Waals surface area contributed by atoms with Gasteiger partial charge >= 0.3 is 6.09 Å². The van der Waals surface area contributed by atoms with E-state index in [1.807, 2.05) is 31.2 Å². The Morgan fingerprint density at radius 2 is 2.18 bits per heavy atom. The number of carbonyl (C=O) groups is 1. The zero-order valence-electron chi connectivity index (χ0n) is 10.6. The molecule has 0 N–H and O–H groups in total. The molecule has 0 spiro atoms. The topological polar surface area (TPSA) is 38.8 Å². The van der Waals surface area contributed by atoms with Crippen molar-refractivity contribution >= 4 is 6.09 Å². The van der Waals surface area contributed by atoms with Crippen LogP contribution in [0.25, 0.3) is 0 Å². The van der Waals surface area contributed by atoms with Crippen LogP contribution in [0.3, 0.4) is 0 Å². The Balaban J connectivity index is 2.30. The van der Waals surface area contributed by atoms with E-state index in [1.165, 1.54) is 4.90 Å². The van der Waals surface area contributed by atoms with Gasteiger partial charge in [-0.25, -0.2) is 4.79 Å². The summed E-state index contributed by atoms with van der Waals surface area (Å²) in [5.41, 5.74) is 1.15. The Morgan fingerprint density at radius 3 is 2.82 bits per heavy atom. The molecule has 17 heavy (non-hydrogen) atoms. The van der Waals surface area contributed by atoms with E-state index in [4.69, 9.17) is 9.47 Å². The van der Waals surface area contributed by atoms with Crippen molar-refractivity contribution in [1.82, 2.24) is 4.90 Å². The number of aryl methyl sites for hydroxylation is 1. The number of amides is 1. The van der Waals surface area contributed by atoms with E-state index < -0.39 is 0 Å². The maximum absolute atomic E-state index is 11.3. The lowest BCUT2D eigenvalue weighted by Gasteiger charge is -2.16. The summed E-state index contributed by atoms with van der Waals surface area (Å²) in [6.07, 6.45) is -0.319. The van der Waals surface area contributed by atoms with Gasteiger partial charge in [-0.3, -0.25) is 0 Å². The molecule has 0 saturated heterocycles. The Morgan fingerprint density at radius 1 is 1.41 bits per heavy atom. The van der Waals surface area contributed by atoms with Crippen LogP contribution in [0.1, 0.15) is 12.5 Å². The fraction of sp³-hybridized carbons (Fsp3) is 0.462. The molecule has 0 radical (unpaired) electrons. The highest BCUT2D eigenvalue weighted by atomic mass is 16.6. The summed E-state index contributed by atoms with van der Waals surface area (Å²) < 4.78 is 10.4. The van der Waals surface area contributed by atoms with Crippen molar-refractivity contribution in [3.05, 3.63) is 29.8 Å². The molecule has 0 aliphatic rings. The second-order valence-corrected chi connectivity index (χ2v) is 3.79. The minimum absolute atomic E-state index is 0.319. The van der Waals surface area contributed by atoms with Gasteiger partial charge in [0.1, 0.15) is 12.4 Å². The average Bonchev–Trinajstić information content (AvgIpc) is 2.29. The third kappa shape index (κ3) is 4.76. The second kappa shape index (κ2) is 6.78. The van der Waals surface area contributed by atoms with E-state index in [9.17, 15) is 4.79 Å². The summed E-state index contributed by atoms with van der Waals surface area (Å²) in [4.78, 5) is 12.8. The van der Waals surface area contributed by atoms with Crippen molar-refractivity contribution in [2.45, 2.75) is 13.8 Å². The van der Waals surface area contributed by atoms with Gasteiger partial charge in [0.05, 0.1) is 13.2 Å². The summed E-state index contributed by atoms with van der Waals surface area (Å²) >= 11 is 0. The SMILES string of the molecule is CCOC(=O)N(C)CCOc1cccc(C)c1. The molecular weight excluding hydrogens is 218 g/mol. The molecule has 0 aromatic heterocycles. The number of hydrogen-bond donors (Lipinski definition) is 0. The molecule has 0 bridgehead atoms. The first kappa shape index (κ1) is 13.4. The largest absolute Gasteiger partial charge is 0.492 e. The van der Waals surface area contributed by atoms with E-state index in [-0.39, 0.29) is 6.09 Å². The van der Waals surface area contributed by atoms with Gasteiger partial charge in [0.2, 0.25) is 0 Å². The zero-order valence-corrected chi connectivity index (χ0v) is 10.6. The van der Waals surface area contributed by atoms with Crippen molar-refractivity contribution in [3.8, 4) is 5.75 Å². The van der Waals surface area contributed by atoms with Gasteiger partial charge in [-0.2, -0.15) is 0 Å². The smallest absolute Gasteiger partial charge is 0.409 e. The third-order valence-corrected chi connectivity index (χ3v) is 2.26. The molecular formula is C13H19NO3. The van der Waals surface area contributed by atoms with Gasteiger partial charge < -0.3 is 14.4 Å². The van der Waals surface area contributed by atoms with E-state index in [0.717, 1.165) is 11.3 Å². The van der Waals surface area contributed by atoms with Crippen molar-refractivity contribution in [2.24, 2.45) is 0 Å². The van der Waals surface area contributed by atoms with E-state index in [0.29, 0.717) is 19.8 Å². The fourth-order valence-corrected chi connectivity index (χ4v) is 1.33. The molecule has 1 rings (SSSR count). The van der Waals surface area contributed by atoms with Crippen molar-refractivity contribution in [3.63, 3.8) is 0 Å². The van der Waals surface area contributed by atoms with Crippen LogP contribution in [0.15, 0.2) is 24.3 Å². The minimum atomic E-state index is -0.319.